The summed E-state index contributed by atoms with van der Waals surface area (Å²) in [4.78, 5) is 11.1. The standard InChI is InChI=1S/C13H26N2O5S/c1-10-5-8-15(12(9-10)11(2)16)21(18,19)14(3)7-6-13(17)20-4/h10-12,16H,5-9H2,1-4H3/t10-,11-,12-/m0/s1. The SMILES string of the molecule is COC(=O)CCN(C)S(=O)(=O)N1CC[C@H](C)C[C@H]1[C@H](C)O. The van der Waals surface area contributed by atoms with Crippen LogP contribution in [0.4, 0.5) is 0 Å². The minimum Gasteiger partial charge on any atom is -0.469 e. The van der Waals surface area contributed by atoms with E-state index in [-0.39, 0.29) is 13.0 Å². The molecule has 0 spiro atoms. The predicted molar refractivity (Wildman–Crippen MR) is 78.8 cm³/mol. The Morgan fingerprint density at radius 1 is 1.52 bits per heavy atom. The van der Waals surface area contributed by atoms with Crippen LogP contribution in [0.2, 0.25) is 0 Å². The van der Waals surface area contributed by atoms with Crippen molar-refractivity contribution in [3.8, 4) is 0 Å². The number of aliphatic hydroxyl groups is 1. The van der Waals surface area contributed by atoms with Crippen molar-refractivity contribution in [3.63, 3.8) is 0 Å². The van der Waals surface area contributed by atoms with Crippen molar-refractivity contribution in [3.05, 3.63) is 0 Å². The maximum atomic E-state index is 12.6. The van der Waals surface area contributed by atoms with Gasteiger partial charge in [0.15, 0.2) is 0 Å². The molecule has 0 radical (unpaired) electrons. The van der Waals surface area contributed by atoms with E-state index in [0.29, 0.717) is 18.9 Å². The van der Waals surface area contributed by atoms with Crippen LogP contribution in [0.1, 0.15) is 33.1 Å². The number of carbonyl (C=O) groups excluding carboxylic acids is 1. The average Bonchev–Trinajstić information content (AvgIpc) is 2.43. The fourth-order valence-electron chi connectivity index (χ4n) is 2.53. The highest BCUT2D eigenvalue weighted by molar-refractivity contribution is 7.86. The number of hydrogen-bond acceptors (Lipinski definition) is 5. The zero-order valence-corrected chi connectivity index (χ0v) is 14.0. The van der Waals surface area contributed by atoms with Gasteiger partial charge in [-0.2, -0.15) is 17.0 Å². The van der Waals surface area contributed by atoms with Gasteiger partial charge in [0, 0.05) is 20.1 Å². The third kappa shape index (κ3) is 4.64. The Morgan fingerprint density at radius 3 is 2.67 bits per heavy atom. The molecule has 124 valence electrons. The molecular formula is C13H26N2O5S. The zero-order chi connectivity index (χ0) is 16.2. The minimum absolute atomic E-state index is 0.00974. The quantitative estimate of drug-likeness (QED) is 0.706. The van der Waals surface area contributed by atoms with Gasteiger partial charge < -0.3 is 9.84 Å². The van der Waals surface area contributed by atoms with Crippen LogP contribution < -0.4 is 0 Å². The van der Waals surface area contributed by atoms with E-state index in [9.17, 15) is 18.3 Å². The van der Waals surface area contributed by atoms with Gasteiger partial charge in [0.05, 0.1) is 25.7 Å². The van der Waals surface area contributed by atoms with E-state index in [1.54, 1.807) is 6.92 Å². The first kappa shape index (κ1) is 18.3. The zero-order valence-electron chi connectivity index (χ0n) is 13.2. The summed E-state index contributed by atoms with van der Waals surface area (Å²) in [6.07, 6.45) is 0.696. The smallest absolute Gasteiger partial charge is 0.306 e. The van der Waals surface area contributed by atoms with Gasteiger partial charge in [0.25, 0.3) is 10.2 Å². The van der Waals surface area contributed by atoms with Crippen molar-refractivity contribution < 1.29 is 23.1 Å². The molecule has 3 atom stereocenters. The van der Waals surface area contributed by atoms with Gasteiger partial charge in [-0.3, -0.25) is 4.79 Å². The normalized spacial score (nSPS) is 25.8. The van der Waals surface area contributed by atoms with Crippen molar-refractivity contribution in [2.75, 3.05) is 27.2 Å². The Hall–Kier alpha value is -0.700. The number of nitrogens with zero attached hydrogens (tertiary/aromatic N) is 2. The van der Waals surface area contributed by atoms with E-state index >= 15 is 0 Å². The molecule has 8 heteroatoms. The highest BCUT2D eigenvalue weighted by Crippen LogP contribution is 2.28. The van der Waals surface area contributed by atoms with E-state index in [4.69, 9.17) is 0 Å². The van der Waals surface area contributed by atoms with Crippen LogP contribution in [0.5, 0.6) is 0 Å². The van der Waals surface area contributed by atoms with Gasteiger partial charge in [0.1, 0.15) is 0 Å². The highest BCUT2D eigenvalue weighted by atomic mass is 32.2. The van der Waals surface area contributed by atoms with Gasteiger partial charge >= 0.3 is 5.97 Å². The lowest BCUT2D eigenvalue weighted by Crippen LogP contribution is -2.54. The highest BCUT2D eigenvalue weighted by Gasteiger charge is 2.39. The van der Waals surface area contributed by atoms with Gasteiger partial charge in [-0.05, 0) is 25.7 Å². The molecule has 0 bridgehead atoms. The van der Waals surface area contributed by atoms with Crippen LogP contribution in [-0.2, 0) is 19.7 Å². The van der Waals surface area contributed by atoms with Crippen molar-refractivity contribution >= 4 is 16.2 Å². The van der Waals surface area contributed by atoms with Crippen LogP contribution in [0.3, 0.4) is 0 Å². The molecule has 0 amide bonds. The molecule has 0 aromatic carbocycles. The Kier molecular flexibility index (Phi) is 6.58. The molecule has 0 unspecified atom stereocenters. The molecule has 1 rings (SSSR count). The molecule has 0 aliphatic carbocycles. The van der Waals surface area contributed by atoms with Gasteiger partial charge in [-0.15, -0.1) is 0 Å². The first-order valence-electron chi connectivity index (χ1n) is 7.18. The van der Waals surface area contributed by atoms with Gasteiger partial charge in [-0.1, -0.05) is 6.92 Å². The molecule has 7 nitrogen and oxygen atoms in total. The molecule has 0 aromatic rings. The number of hydrogen-bond donors (Lipinski definition) is 1. The number of ether oxygens (including phenoxy) is 1. The van der Waals surface area contributed by atoms with Crippen LogP contribution in [0, 0.1) is 5.92 Å². The fraction of sp³-hybridized carbons (Fsp3) is 0.923. The topological polar surface area (TPSA) is 87.2 Å². The van der Waals surface area contributed by atoms with Crippen molar-refractivity contribution in [1.29, 1.82) is 0 Å². The molecule has 1 N–H and O–H groups in total. The molecule has 1 heterocycles. The second kappa shape index (κ2) is 7.53. The van der Waals surface area contributed by atoms with Crippen LogP contribution in [0.25, 0.3) is 0 Å². The van der Waals surface area contributed by atoms with Crippen LogP contribution in [0.15, 0.2) is 0 Å². The second-order valence-electron chi connectivity index (χ2n) is 5.70. The number of esters is 1. The largest absolute Gasteiger partial charge is 0.469 e. The molecule has 1 aliphatic rings. The minimum atomic E-state index is -3.68. The number of methoxy groups -OCH3 is 1. The summed E-state index contributed by atoms with van der Waals surface area (Å²) in [6.45, 7) is 4.12. The monoisotopic (exact) mass is 322 g/mol. The van der Waals surface area contributed by atoms with E-state index < -0.39 is 28.3 Å². The predicted octanol–water partition coefficient (Wildman–Crippen LogP) is 0.207. The van der Waals surface area contributed by atoms with E-state index in [2.05, 4.69) is 11.7 Å². The summed E-state index contributed by atoms with van der Waals surface area (Å²) < 4.78 is 32.2. The fourth-order valence-corrected chi connectivity index (χ4v) is 4.15. The Labute approximate surface area is 127 Å². The summed E-state index contributed by atoms with van der Waals surface area (Å²) in [6, 6.07) is -0.417. The van der Waals surface area contributed by atoms with Gasteiger partial charge in [0.2, 0.25) is 0 Å². The van der Waals surface area contributed by atoms with Gasteiger partial charge in [-0.25, -0.2) is 0 Å². The summed E-state index contributed by atoms with van der Waals surface area (Å²) >= 11 is 0. The number of rotatable bonds is 6. The molecule has 1 saturated heterocycles. The summed E-state index contributed by atoms with van der Waals surface area (Å²) in [5, 5.41) is 9.87. The maximum Gasteiger partial charge on any atom is 0.306 e. The third-order valence-electron chi connectivity index (χ3n) is 3.96. The number of aliphatic hydroxyl groups excluding tert-OH is 1. The van der Waals surface area contributed by atoms with Crippen LogP contribution >= 0.6 is 0 Å². The van der Waals surface area contributed by atoms with E-state index in [0.717, 1.165) is 10.7 Å². The number of piperidine rings is 1. The summed E-state index contributed by atoms with van der Waals surface area (Å²) in [7, 11) is -0.975. The lowest BCUT2D eigenvalue weighted by Gasteiger charge is -2.40. The Balaban J connectivity index is 2.81. The first-order chi connectivity index (χ1) is 9.70. The first-order valence-corrected chi connectivity index (χ1v) is 8.57. The van der Waals surface area contributed by atoms with Crippen molar-refractivity contribution in [2.45, 2.75) is 45.3 Å². The third-order valence-corrected chi connectivity index (χ3v) is 5.98. The number of carbonyl (C=O) groups is 1. The molecular weight excluding hydrogens is 296 g/mol. The lowest BCUT2D eigenvalue weighted by molar-refractivity contribution is -0.140. The summed E-state index contributed by atoms with van der Waals surface area (Å²) in [5.74, 6) is -0.0622. The second-order valence-corrected chi connectivity index (χ2v) is 7.69. The molecule has 0 saturated carbocycles. The lowest BCUT2D eigenvalue weighted by atomic mass is 9.92. The molecule has 1 aliphatic heterocycles. The Bertz CT molecular complexity index is 451. The van der Waals surface area contributed by atoms with Crippen LogP contribution in [-0.4, -0.2) is 67.5 Å². The molecule has 0 aromatic heterocycles. The van der Waals surface area contributed by atoms with Crippen molar-refractivity contribution in [1.82, 2.24) is 8.61 Å². The Morgan fingerprint density at radius 2 is 2.14 bits per heavy atom. The summed E-state index contributed by atoms with van der Waals surface area (Å²) in [5.41, 5.74) is 0. The molecule has 21 heavy (non-hydrogen) atoms. The van der Waals surface area contributed by atoms with Crippen molar-refractivity contribution in [2.24, 2.45) is 5.92 Å². The molecule has 1 fully saturated rings. The van der Waals surface area contributed by atoms with E-state index in [1.165, 1.54) is 18.5 Å². The maximum absolute atomic E-state index is 12.6. The van der Waals surface area contributed by atoms with E-state index in [1.807, 2.05) is 0 Å². The average molecular weight is 322 g/mol.